The van der Waals surface area contributed by atoms with Crippen molar-refractivity contribution in [3.05, 3.63) is 40.5 Å². The first-order valence-electron chi connectivity index (χ1n) is 9.58. The summed E-state index contributed by atoms with van der Waals surface area (Å²) >= 11 is 0. The van der Waals surface area contributed by atoms with Gasteiger partial charge in [0.15, 0.2) is 0 Å². The number of benzene rings is 1. The average molecular weight is 403 g/mol. The summed E-state index contributed by atoms with van der Waals surface area (Å²) < 4.78 is 30.6. The molecule has 0 spiro atoms. The van der Waals surface area contributed by atoms with Crippen LogP contribution in [0.1, 0.15) is 71.1 Å². The maximum atomic E-state index is 12.9. The van der Waals surface area contributed by atoms with Gasteiger partial charge in [0.2, 0.25) is 9.84 Å². The predicted octanol–water partition coefficient (Wildman–Crippen LogP) is 4.59. The fourth-order valence-corrected chi connectivity index (χ4v) is 4.75. The summed E-state index contributed by atoms with van der Waals surface area (Å²) in [6.45, 7) is 14.1. The summed E-state index contributed by atoms with van der Waals surface area (Å²) in [6, 6.07) is 3.81. The minimum absolute atomic E-state index is 0.0164. The Balaban J connectivity index is 2.52. The van der Waals surface area contributed by atoms with E-state index in [1.165, 1.54) is 11.6 Å². The second kappa shape index (κ2) is 7.75. The lowest BCUT2D eigenvalue weighted by atomic mass is 9.63. The number of allylic oxidation sites excluding steroid dienone is 1. The van der Waals surface area contributed by atoms with E-state index in [0.29, 0.717) is 11.1 Å². The number of sulfone groups is 1. The fraction of sp³-hybridized carbons (Fsp3) is 0.522. The van der Waals surface area contributed by atoms with Crippen LogP contribution in [0.3, 0.4) is 0 Å². The Bertz CT molecular complexity index is 983. The number of hydrogen-bond acceptors (Lipinski definition) is 4. The van der Waals surface area contributed by atoms with Crippen LogP contribution >= 0.6 is 0 Å². The van der Waals surface area contributed by atoms with E-state index in [2.05, 4.69) is 38.9 Å². The highest BCUT2D eigenvalue weighted by Crippen LogP contribution is 2.47. The van der Waals surface area contributed by atoms with Crippen molar-refractivity contribution >= 4 is 15.8 Å². The van der Waals surface area contributed by atoms with Gasteiger partial charge in [-0.1, -0.05) is 39.7 Å². The second-order valence-electron chi connectivity index (χ2n) is 8.74. The highest BCUT2D eigenvalue weighted by atomic mass is 32.2. The van der Waals surface area contributed by atoms with Gasteiger partial charge >= 0.3 is 5.97 Å². The van der Waals surface area contributed by atoms with Gasteiger partial charge in [0, 0.05) is 16.9 Å². The summed E-state index contributed by atoms with van der Waals surface area (Å²) in [5.74, 6) is 2.05. The molecule has 0 saturated heterocycles. The van der Waals surface area contributed by atoms with Crippen molar-refractivity contribution in [1.82, 2.24) is 0 Å². The molecule has 0 bridgehead atoms. The summed E-state index contributed by atoms with van der Waals surface area (Å²) in [7, 11) is -3.81. The maximum Gasteiger partial charge on any atom is 0.331 e. The van der Waals surface area contributed by atoms with Crippen molar-refractivity contribution in [2.45, 2.75) is 77.0 Å². The monoisotopic (exact) mass is 402 g/mol. The van der Waals surface area contributed by atoms with Crippen molar-refractivity contribution < 1.29 is 17.9 Å². The van der Waals surface area contributed by atoms with E-state index in [-0.39, 0.29) is 22.3 Å². The molecule has 1 aliphatic carbocycles. The van der Waals surface area contributed by atoms with Gasteiger partial charge in [-0.15, -0.1) is 0 Å². The van der Waals surface area contributed by atoms with Gasteiger partial charge in [-0.2, -0.15) is 0 Å². The fourth-order valence-electron chi connectivity index (χ4n) is 3.59. The van der Waals surface area contributed by atoms with E-state index in [1.54, 1.807) is 19.9 Å². The molecule has 28 heavy (non-hydrogen) atoms. The molecular weight excluding hydrogens is 372 g/mol. The van der Waals surface area contributed by atoms with Crippen LogP contribution in [0.2, 0.25) is 0 Å². The molecule has 152 valence electrons. The number of fused-ring (bicyclic) bond motifs is 1. The minimum Gasteiger partial charge on any atom is -0.463 e. The smallest absolute Gasteiger partial charge is 0.331 e. The molecule has 0 N–H and O–H groups in total. The quantitative estimate of drug-likeness (QED) is 0.321. The molecule has 0 saturated carbocycles. The van der Waals surface area contributed by atoms with Gasteiger partial charge in [0.25, 0.3) is 0 Å². The van der Waals surface area contributed by atoms with Crippen LogP contribution in [0.5, 0.6) is 0 Å². The molecule has 1 aromatic rings. The average Bonchev–Trinajstić information content (AvgIpc) is 2.57. The first kappa shape index (κ1) is 22.2. The number of hydrogen-bond donors (Lipinski definition) is 0. The van der Waals surface area contributed by atoms with Crippen molar-refractivity contribution in [3.63, 3.8) is 0 Å². The number of esters is 1. The Morgan fingerprint density at radius 1 is 1.14 bits per heavy atom. The lowest BCUT2D eigenvalue weighted by molar-refractivity contribution is -0.137. The topological polar surface area (TPSA) is 60.4 Å². The molecule has 5 heteroatoms. The van der Waals surface area contributed by atoms with E-state index in [0.717, 1.165) is 18.4 Å². The molecule has 0 amide bonds. The molecule has 1 aliphatic rings. The van der Waals surface area contributed by atoms with Crippen LogP contribution in [-0.4, -0.2) is 21.0 Å². The van der Waals surface area contributed by atoms with Crippen molar-refractivity contribution in [1.29, 1.82) is 0 Å². The Morgan fingerprint density at radius 2 is 1.68 bits per heavy atom. The molecule has 4 nitrogen and oxygen atoms in total. The van der Waals surface area contributed by atoms with E-state index in [4.69, 9.17) is 4.74 Å². The third-order valence-electron chi connectivity index (χ3n) is 5.44. The van der Waals surface area contributed by atoms with Crippen LogP contribution in [0.25, 0.3) is 0 Å². The van der Waals surface area contributed by atoms with Crippen LogP contribution in [0.4, 0.5) is 0 Å². The molecular formula is C23H30O4S. The summed E-state index contributed by atoms with van der Waals surface area (Å²) in [5, 5.41) is 2.36. The third-order valence-corrected chi connectivity index (χ3v) is 6.83. The zero-order chi connectivity index (χ0) is 21.3. The number of carbonyl (C=O) groups excluding carboxylic acids is 1. The van der Waals surface area contributed by atoms with Crippen molar-refractivity contribution in [2.24, 2.45) is 0 Å². The molecule has 0 atom stereocenters. The Hall–Kier alpha value is -2.06. The van der Waals surface area contributed by atoms with Gasteiger partial charge in [0.05, 0.1) is 11.5 Å². The standard InChI is InChI=1S/C23H30O4S/c1-8-27-21(24)13-16(2)9-12-28(25,26)20-15-19-18(14-17(20)3)22(4,5)10-11-23(19,6)7/h13-15H,8,10-11H2,1-7H3. The molecule has 0 radical (unpaired) electrons. The molecule has 0 heterocycles. The van der Waals surface area contributed by atoms with Crippen LogP contribution < -0.4 is 0 Å². The largest absolute Gasteiger partial charge is 0.463 e. The van der Waals surface area contributed by atoms with E-state index < -0.39 is 15.8 Å². The first-order valence-corrected chi connectivity index (χ1v) is 11.1. The highest BCUT2D eigenvalue weighted by Gasteiger charge is 2.38. The summed E-state index contributed by atoms with van der Waals surface area (Å²) in [5.41, 5.74) is 3.27. The van der Waals surface area contributed by atoms with Gasteiger partial charge < -0.3 is 4.74 Å². The Morgan fingerprint density at radius 3 is 2.21 bits per heavy atom. The minimum atomic E-state index is -3.81. The first-order chi connectivity index (χ1) is 12.8. The van der Waals surface area contributed by atoms with Crippen molar-refractivity contribution in [2.75, 3.05) is 6.61 Å². The van der Waals surface area contributed by atoms with Crippen LogP contribution in [-0.2, 0) is 30.2 Å². The molecule has 0 unspecified atom stereocenters. The molecule has 1 aromatic carbocycles. The second-order valence-corrected chi connectivity index (χ2v) is 10.4. The van der Waals surface area contributed by atoms with E-state index in [9.17, 15) is 13.2 Å². The SMILES string of the molecule is CCOC(=O)C=C(C)C#CS(=O)(=O)c1cc2c(cc1C)C(C)(C)CCC2(C)C. The number of carbonyl (C=O) groups is 1. The normalized spacial score (nSPS) is 17.9. The van der Waals surface area contributed by atoms with E-state index in [1.807, 2.05) is 13.0 Å². The van der Waals surface area contributed by atoms with Crippen molar-refractivity contribution in [3.8, 4) is 11.2 Å². The number of ether oxygens (including phenoxy) is 1. The number of aryl methyl sites for hydroxylation is 1. The molecule has 0 aromatic heterocycles. The lowest BCUT2D eigenvalue weighted by Gasteiger charge is -2.42. The molecule has 0 aliphatic heterocycles. The Kier molecular flexibility index (Phi) is 6.16. The van der Waals surface area contributed by atoms with Gasteiger partial charge in [0.1, 0.15) is 0 Å². The lowest BCUT2D eigenvalue weighted by Crippen LogP contribution is -2.34. The van der Waals surface area contributed by atoms with Gasteiger partial charge in [-0.25, -0.2) is 13.2 Å². The Labute approximate surface area is 169 Å². The highest BCUT2D eigenvalue weighted by molar-refractivity contribution is 7.96. The van der Waals surface area contributed by atoms with Crippen LogP contribution in [0.15, 0.2) is 28.7 Å². The maximum absolute atomic E-state index is 12.9. The predicted molar refractivity (Wildman–Crippen MR) is 112 cm³/mol. The summed E-state index contributed by atoms with van der Waals surface area (Å²) in [6.07, 6.45) is 3.27. The summed E-state index contributed by atoms with van der Waals surface area (Å²) in [4.78, 5) is 11.7. The molecule has 0 fully saturated rings. The number of rotatable bonds is 3. The van der Waals surface area contributed by atoms with Gasteiger partial charge in [-0.05, 0) is 67.2 Å². The van der Waals surface area contributed by atoms with E-state index >= 15 is 0 Å². The zero-order valence-electron chi connectivity index (χ0n) is 17.9. The molecule has 2 rings (SSSR count). The zero-order valence-corrected chi connectivity index (χ0v) is 18.7. The third kappa shape index (κ3) is 4.67. The van der Waals surface area contributed by atoms with Gasteiger partial charge in [-0.3, -0.25) is 0 Å². The van der Waals surface area contributed by atoms with Crippen LogP contribution in [0, 0.1) is 18.1 Å².